The van der Waals surface area contributed by atoms with Crippen LogP contribution < -0.4 is 0 Å². The van der Waals surface area contributed by atoms with Gasteiger partial charge in [-0.25, -0.2) is 0 Å². The largest absolute Gasteiger partial charge is 0.282 e. The van der Waals surface area contributed by atoms with Gasteiger partial charge in [-0.1, -0.05) is 0 Å². The maximum Gasteiger partial charge on any atom is 0.232 e. The van der Waals surface area contributed by atoms with Crippen LogP contribution in [0.5, 0.6) is 0 Å². The van der Waals surface area contributed by atoms with Gasteiger partial charge in [-0.3, -0.25) is 14.5 Å². The fourth-order valence-electron chi connectivity index (χ4n) is 2.52. The number of imide groups is 1. The maximum absolute atomic E-state index is 11.8. The van der Waals surface area contributed by atoms with Crippen molar-refractivity contribution in [3.05, 3.63) is 0 Å². The van der Waals surface area contributed by atoms with Crippen LogP contribution >= 0.6 is 0 Å². The van der Waals surface area contributed by atoms with E-state index in [-0.39, 0.29) is 23.7 Å². The van der Waals surface area contributed by atoms with Crippen molar-refractivity contribution in [2.24, 2.45) is 11.8 Å². The molecule has 1 saturated heterocycles. The molecular formula is C11H14N2O2. The van der Waals surface area contributed by atoms with Crippen LogP contribution in [0.3, 0.4) is 0 Å². The number of rotatable bonds is 3. The van der Waals surface area contributed by atoms with Gasteiger partial charge in [-0.05, 0) is 25.7 Å². The molecule has 0 aromatic heterocycles. The Balaban J connectivity index is 2.01. The minimum Gasteiger partial charge on any atom is -0.282 e. The van der Waals surface area contributed by atoms with Gasteiger partial charge in [-0.15, -0.1) is 0 Å². The molecule has 1 aliphatic carbocycles. The highest BCUT2D eigenvalue weighted by Crippen LogP contribution is 2.38. The first-order chi connectivity index (χ1) is 7.24. The number of carbonyl (C=O) groups excluding carboxylic acids is 2. The lowest BCUT2D eigenvalue weighted by atomic mass is 9.97. The molecule has 0 N–H and O–H groups in total. The van der Waals surface area contributed by atoms with Crippen LogP contribution in [0, 0.1) is 23.2 Å². The Morgan fingerprint density at radius 3 is 2.40 bits per heavy atom. The summed E-state index contributed by atoms with van der Waals surface area (Å²) < 4.78 is 0. The highest BCUT2D eigenvalue weighted by Gasteiger charge is 2.44. The van der Waals surface area contributed by atoms with E-state index in [1.165, 1.54) is 4.90 Å². The first-order valence-corrected chi connectivity index (χ1v) is 5.46. The molecule has 2 unspecified atom stereocenters. The van der Waals surface area contributed by atoms with Crippen molar-refractivity contribution in [2.75, 3.05) is 6.54 Å². The third-order valence-electron chi connectivity index (χ3n) is 3.33. The number of likely N-dealkylation sites (tertiary alicyclic amines) is 1. The van der Waals surface area contributed by atoms with E-state index in [9.17, 15) is 9.59 Å². The molecule has 1 saturated carbocycles. The van der Waals surface area contributed by atoms with Gasteiger partial charge in [-0.2, -0.15) is 5.26 Å². The molecule has 2 aliphatic rings. The lowest BCUT2D eigenvalue weighted by Gasteiger charge is -2.29. The number of nitrogens with zero attached hydrogens (tertiary/aromatic N) is 2. The van der Waals surface area contributed by atoms with Gasteiger partial charge in [0.2, 0.25) is 11.8 Å². The summed E-state index contributed by atoms with van der Waals surface area (Å²) in [4.78, 5) is 25.0. The summed E-state index contributed by atoms with van der Waals surface area (Å²) in [5.41, 5.74) is 0. The predicted octanol–water partition coefficient (Wildman–Crippen LogP) is 1.08. The number of unbranched alkanes of at least 4 members (excludes halogenated alkanes) is 1. The first kappa shape index (κ1) is 10.2. The molecule has 15 heavy (non-hydrogen) atoms. The molecule has 2 bridgehead atoms. The Labute approximate surface area is 88.9 Å². The summed E-state index contributed by atoms with van der Waals surface area (Å²) >= 11 is 0. The van der Waals surface area contributed by atoms with Crippen LogP contribution in [0.2, 0.25) is 0 Å². The third-order valence-corrected chi connectivity index (χ3v) is 3.33. The molecule has 0 aromatic carbocycles. The number of hydrogen-bond acceptors (Lipinski definition) is 3. The molecule has 4 heteroatoms. The van der Waals surface area contributed by atoms with Crippen molar-refractivity contribution in [1.29, 1.82) is 5.26 Å². The highest BCUT2D eigenvalue weighted by atomic mass is 16.2. The second kappa shape index (κ2) is 4.01. The van der Waals surface area contributed by atoms with Gasteiger partial charge in [0.25, 0.3) is 0 Å². The van der Waals surface area contributed by atoms with Crippen molar-refractivity contribution in [3.8, 4) is 6.07 Å². The van der Waals surface area contributed by atoms with Gasteiger partial charge in [0.05, 0.1) is 6.07 Å². The minimum absolute atomic E-state index is 0.00769. The van der Waals surface area contributed by atoms with E-state index >= 15 is 0 Å². The van der Waals surface area contributed by atoms with Crippen molar-refractivity contribution < 1.29 is 9.59 Å². The Morgan fingerprint density at radius 2 is 1.87 bits per heavy atom. The van der Waals surface area contributed by atoms with Crippen LogP contribution in [0.25, 0.3) is 0 Å². The van der Waals surface area contributed by atoms with E-state index < -0.39 is 0 Å². The lowest BCUT2D eigenvalue weighted by Crippen LogP contribution is -2.46. The van der Waals surface area contributed by atoms with Gasteiger partial charge in [0, 0.05) is 24.8 Å². The minimum atomic E-state index is -0.00769. The monoisotopic (exact) mass is 206 g/mol. The molecule has 2 fully saturated rings. The van der Waals surface area contributed by atoms with Gasteiger partial charge < -0.3 is 0 Å². The number of nitriles is 1. The van der Waals surface area contributed by atoms with E-state index in [0.29, 0.717) is 19.4 Å². The average molecular weight is 206 g/mol. The fraction of sp³-hybridized carbons (Fsp3) is 0.727. The Morgan fingerprint density at radius 1 is 1.27 bits per heavy atom. The van der Waals surface area contributed by atoms with Gasteiger partial charge in [0.1, 0.15) is 0 Å². The van der Waals surface area contributed by atoms with E-state index in [0.717, 1.165) is 19.3 Å². The molecule has 2 amide bonds. The number of amides is 2. The molecule has 0 aromatic rings. The van der Waals surface area contributed by atoms with E-state index in [1.807, 2.05) is 6.07 Å². The summed E-state index contributed by atoms with van der Waals surface area (Å²) in [6.45, 7) is 0.429. The third kappa shape index (κ3) is 1.74. The summed E-state index contributed by atoms with van der Waals surface area (Å²) in [5.74, 6) is 0.142. The Kier molecular flexibility index (Phi) is 2.72. The molecule has 80 valence electrons. The zero-order chi connectivity index (χ0) is 10.8. The molecule has 0 spiro atoms. The average Bonchev–Trinajstić information content (AvgIpc) is 2.67. The van der Waals surface area contributed by atoms with Gasteiger partial charge >= 0.3 is 0 Å². The Bertz CT molecular complexity index is 310. The van der Waals surface area contributed by atoms with E-state index in [4.69, 9.17) is 5.26 Å². The quantitative estimate of drug-likeness (QED) is 0.512. The summed E-state index contributed by atoms with van der Waals surface area (Å²) in [5, 5.41) is 8.41. The predicted molar refractivity (Wildman–Crippen MR) is 52.4 cm³/mol. The molecule has 2 atom stereocenters. The molecule has 0 radical (unpaired) electrons. The van der Waals surface area contributed by atoms with Crippen LogP contribution in [0.1, 0.15) is 32.1 Å². The van der Waals surface area contributed by atoms with Crippen LogP contribution in [0.15, 0.2) is 0 Å². The summed E-state index contributed by atoms with van der Waals surface area (Å²) in [6, 6.07) is 2.03. The van der Waals surface area contributed by atoms with Crippen LogP contribution in [0.4, 0.5) is 0 Å². The summed E-state index contributed by atoms with van der Waals surface area (Å²) in [6.07, 6.45) is 3.50. The zero-order valence-corrected chi connectivity index (χ0v) is 8.61. The topological polar surface area (TPSA) is 61.2 Å². The standard InChI is InChI=1S/C11H14N2O2/c12-5-1-2-6-13-10(14)8-3-4-9(7-8)11(13)15/h8-9H,1-4,6-7H2. The molecule has 2 rings (SSSR count). The van der Waals surface area contributed by atoms with Crippen molar-refractivity contribution in [1.82, 2.24) is 4.90 Å². The number of fused-ring (bicyclic) bond motifs is 2. The van der Waals surface area contributed by atoms with Crippen LogP contribution in [-0.4, -0.2) is 23.3 Å². The van der Waals surface area contributed by atoms with E-state index in [1.54, 1.807) is 0 Å². The Hall–Kier alpha value is -1.37. The SMILES string of the molecule is N#CCCCN1C(=O)C2CCC(C2)C1=O. The maximum atomic E-state index is 11.8. The number of carbonyl (C=O) groups is 2. The lowest BCUT2D eigenvalue weighted by molar-refractivity contribution is -0.152. The van der Waals surface area contributed by atoms with Crippen LogP contribution in [-0.2, 0) is 9.59 Å². The van der Waals surface area contributed by atoms with Crippen molar-refractivity contribution in [2.45, 2.75) is 32.1 Å². The number of piperidine rings is 1. The fourth-order valence-corrected chi connectivity index (χ4v) is 2.52. The normalized spacial score (nSPS) is 29.4. The molecule has 1 heterocycles. The molecule has 1 aliphatic heterocycles. The first-order valence-electron chi connectivity index (χ1n) is 5.46. The van der Waals surface area contributed by atoms with Crippen molar-refractivity contribution in [3.63, 3.8) is 0 Å². The zero-order valence-electron chi connectivity index (χ0n) is 8.61. The van der Waals surface area contributed by atoms with E-state index in [2.05, 4.69) is 0 Å². The second-order valence-electron chi connectivity index (χ2n) is 4.30. The molecule has 4 nitrogen and oxygen atoms in total. The highest BCUT2D eigenvalue weighted by molar-refractivity contribution is 6.00. The van der Waals surface area contributed by atoms with Crippen molar-refractivity contribution >= 4 is 11.8 Å². The summed E-state index contributed by atoms with van der Waals surface area (Å²) in [7, 11) is 0. The number of hydrogen-bond donors (Lipinski definition) is 0. The second-order valence-corrected chi connectivity index (χ2v) is 4.30. The smallest absolute Gasteiger partial charge is 0.232 e. The molecular weight excluding hydrogens is 192 g/mol. The van der Waals surface area contributed by atoms with Gasteiger partial charge in [0.15, 0.2) is 0 Å².